The van der Waals surface area contributed by atoms with E-state index in [2.05, 4.69) is 0 Å². The molecule has 126 valence electrons. The van der Waals surface area contributed by atoms with Gasteiger partial charge in [-0.25, -0.2) is 13.2 Å². The van der Waals surface area contributed by atoms with E-state index in [0.29, 0.717) is 24.4 Å². The maximum Gasteiger partial charge on any atom is 0.335 e. The van der Waals surface area contributed by atoms with Crippen LogP contribution in [-0.2, 0) is 22.8 Å². The fourth-order valence-corrected chi connectivity index (χ4v) is 4.55. The maximum absolute atomic E-state index is 12.6. The largest absolute Gasteiger partial charge is 0.478 e. The molecule has 1 N–H and O–H groups in total. The Morgan fingerprint density at radius 1 is 1.17 bits per heavy atom. The zero-order valence-corrected chi connectivity index (χ0v) is 14.5. The van der Waals surface area contributed by atoms with Crippen LogP contribution in [0.1, 0.15) is 31.2 Å². The molecule has 0 unspecified atom stereocenters. The molecule has 1 aromatic heterocycles. The van der Waals surface area contributed by atoms with Crippen LogP contribution in [0.25, 0.3) is 0 Å². The monoisotopic (exact) mass is 365 g/mol. The molecule has 24 heavy (non-hydrogen) atoms. The van der Waals surface area contributed by atoms with Crippen LogP contribution in [-0.4, -0.2) is 43.1 Å². The van der Waals surface area contributed by atoms with Gasteiger partial charge in [0.2, 0.25) is 0 Å². The first-order valence-electron chi connectivity index (χ1n) is 7.20. The van der Waals surface area contributed by atoms with Crippen LogP contribution >= 0.6 is 11.3 Å². The number of carbonyl (C=O) groups is 2. The first kappa shape index (κ1) is 16.7. The summed E-state index contributed by atoms with van der Waals surface area (Å²) in [5.41, 5.74) is 2.04. The second-order valence-electron chi connectivity index (χ2n) is 5.66. The molecule has 1 aromatic carbocycles. The molecule has 0 fully saturated rings. The van der Waals surface area contributed by atoms with Gasteiger partial charge in [-0.1, -0.05) is 6.07 Å². The Morgan fingerprint density at radius 2 is 1.92 bits per heavy atom. The predicted molar refractivity (Wildman–Crippen MR) is 89.3 cm³/mol. The standard InChI is InChI=1S/C16H15NO5S2/c1-24(21,22)14-5-4-13(23-14)15(18)17-7-6-10-2-3-11(16(19)20)8-12(10)9-17/h2-5,8H,6-7,9H2,1H3,(H,19,20). The average molecular weight is 365 g/mol. The number of rotatable bonds is 3. The highest BCUT2D eigenvalue weighted by Gasteiger charge is 2.24. The summed E-state index contributed by atoms with van der Waals surface area (Å²) in [6.45, 7) is 0.839. The first-order valence-corrected chi connectivity index (χ1v) is 9.91. The second-order valence-corrected chi connectivity index (χ2v) is 8.98. The van der Waals surface area contributed by atoms with Gasteiger partial charge in [-0.05, 0) is 41.8 Å². The van der Waals surface area contributed by atoms with Gasteiger partial charge in [0.05, 0.1) is 10.4 Å². The number of carbonyl (C=O) groups excluding carboxylic acids is 1. The minimum absolute atomic E-state index is 0.163. The molecule has 1 amide bonds. The lowest BCUT2D eigenvalue weighted by atomic mass is 9.97. The third-order valence-corrected chi connectivity index (χ3v) is 6.80. The van der Waals surface area contributed by atoms with E-state index in [-0.39, 0.29) is 15.7 Å². The lowest BCUT2D eigenvalue weighted by molar-refractivity contribution is 0.0696. The molecule has 0 atom stereocenters. The summed E-state index contributed by atoms with van der Waals surface area (Å²) in [6, 6.07) is 7.90. The summed E-state index contributed by atoms with van der Waals surface area (Å²) in [7, 11) is -3.33. The maximum atomic E-state index is 12.6. The fourth-order valence-electron chi connectivity index (χ4n) is 2.65. The Balaban J connectivity index is 1.84. The summed E-state index contributed by atoms with van der Waals surface area (Å²) >= 11 is 0.958. The number of nitrogens with zero attached hydrogens (tertiary/aromatic N) is 1. The van der Waals surface area contributed by atoms with Crippen molar-refractivity contribution in [1.82, 2.24) is 4.90 Å². The number of benzene rings is 1. The molecule has 2 aromatic rings. The third kappa shape index (κ3) is 3.20. The highest BCUT2D eigenvalue weighted by Crippen LogP contribution is 2.26. The topological polar surface area (TPSA) is 91.8 Å². The van der Waals surface area contributed by atoms with Crippen LogP contribution in [0.4, 0.5) is 0 Å². The number of thiophene rings is 1. The van der Waals surface area contributed by atoms with Crippen LogP contribution in [0.5, 0.6) is 0 Å². The van der Waals surface area contributed by atoms with E-state index in [1.165, 1.54) is 12.1 Å². The number of sulfone groups is 1. The van der Waals surface area contributed by atoms with Gasteiger partial charge in [0, 0.05) is 19.3 Å². The van der Waals surface area contributed by atoms with Crippen molar-refractivity contribution in [3.05, 3.63) is 51.9 Å². The third-order valence-electron chi connectivity index (χ3n) is 3.91. The Hall–Kier alpha value is -2.19. The van der Waals surface area contributed by atoms with Crippen molar-refractivity contribution in [2.24, 2.45) is 0 Å². The molecule has 1 aliphatic heterocycles. The quantitative estimate of drug-likeness (QED) is 0.899. The van der Waals surface area contributed by atoms with Crippen molar-refractivity contribution in [2.75, 3.05) is 12.8 Å². The van der Waals surface area contributed by atoms with Crippen LogP contribution in [0, 0.1) is 0 Å². The van der Waals surface area contributed by atoms with Gasteiger partial charge in [-0.3, -0.25) is 4.79 Å². The lowest BCUT2D eigenvalue weighted by Gasteiger charge is -2.28. The van der Waals surface area contributed by atoms with Crippen molar-refractivity contribution >= 4 is 33.1 Å². The predicted octanol–water partition coefficient (Wildman–Crippen LogP) is 2.05. The molecule has 8 heteroatoms. The molecule has 6 nitrogen and oxygen atoms in total. The summed E-state index contributed by atoms with van der Waals surface area (Å²) in [5, 5.41) is 9.08. The molecule has 0 bridgehead atoms. The summed E-state index contributed by atoms with van der Waals surface area (Å²) in [6.07, 6.45) is 1.75. The van der Waals surface area contributed by atoms with Crippen molar-refractivity contribution in [1.29, 1.82) is 0 Å². The Labute approximate surface area is 143 Å². The highest BCUT2D eigenvalue weighted by atomic mass is 32.2. The van der Waals surface area contributed by atoms with Crippen LogP contribution in [0.15, 0.2) is 34.5 Å². The smallest absolute Gasteiger partial charge is 0.335 e. The molecule has 2 heterocycles. The summed E-state index contributed by atoms with van der Waals surface area (Å²) in [4.78, 5) is 25.7. The SMILES string of the molecule is CS(=O)(=O)c1ccc(C(=O)N2CCc3ccc(C(=O)O)cc3C2)s1. The van der Waals surface area contributed by atoms with Crippen LogP contribution < -0.4 is 0 Å². The van der Waals surface area contributed by atoms with Crippen molar-refractivity contribution in [3.63, 3.8) is 0 Å². The number of amides is 1. The van der Waals surface area contributed by atoms with Crippen LogP contribution in [0.3, 0.4) is 0 Å². The number of carboxylic acids is 1. The number of carboxylic acid groups (broad SMARTS) is 1. The molecule has 1 aliphatic rings. The van der Waals surface area contributed by atoms with Crippen molar-refractivity contribution in [3.8, 4) is 0 Å². The van der Waals surface area contributed by atoms with Crippen LogP contribution in [0.2, 0.25) is 0 Å². The molecule has 3 rings (SSSR count). The normalized spacial score (nSPS) is 14.3. The van der Waals surface area contributed by atoms with Crippen molar-refractivity contribution < 1.29 is 23.1 Å². The Morgan fingerprint density at radius 3 is 2.54 bits per heavy atom. The van der Waals surface area contributed by atoms with Gasteiger partial charge in [-0.2, -0.15) is 0 Å². The molecule has 0 spiro atoms. The van der Waals surface area contributed by atoms with Gasteiger partial charge in [0.1, 0.15) is 4.21 Å². The van der Waals surface area contributed by atoms with Gasteiger partial charge in [0.25, 0.3) is 5.91 Å². The van der Waals surface area contributed by atoms with E-state index in [4.69, 9.17) is 5.11 Å². The number of aromatic carboxylic acids is 1. The van der Waals surface area contributed by atoms with E-state index in [0.717, 1.165) is 28.7 Å². The first-order chi connectivity index (χ1) is 11.3. The minimum atomic E-state index is -3.33. The van der Waals surface area contributed by atoms with E-state index in [1.54, 1.807) is 23.1 Å². The van der Waals surface area contributed by atoms with Gasteiger partial charge < -0.3 is 10.0 Å². The fraction of sp³-hybridized carbons (Fsp3) is 0.250. The number of hydrogen-bond acceptors (Lipinski definition) is 5. The minimum Gasteiger partial charge on any atom is -0.478 e. The van der Waals surface area contributed by atoms with Crippen molar-refractivity contribution in [2.45, 2.75) is 17.2 Å². The zero-order chi connectivity index (χ0) is 17.5. The van der Waals surface area contributed by atoms with Gasteiger partial charge in [0.15, 0.2) is 9.84 Å². The Bertz CT molecular complexity index is 930. The van der Waals surface area contributed by atoms with E-state index < -0.39 is 15.8 Å². The van der Waals surface area contributed by atoms with E-state index >= 15 is 0 Å². The average Bonchev–Trinajstić information content (AvgIpc) is 3.03. The lowest BCUT2D eigenvalue weighted by Crippen LogP contribution is -2.35. The molecule has 0 radical (unpaired) electrons. The highest BCUT2D eigenvalue weighted by molar-refractivity contribution is 7.92. The summed E-state index contributed by atoms with van der Waals surface area (Å²) < 4.78 is 23.2. The second kappa shape index (κ2) is 6.03. The molecule has 0 aliphatic carbocycles. The van der Waals surface area contributed by atoms with Gasteiger partial charge >= 0.3 is 5.97 Å². The molecular weight excluding hydrogens is 350 g/mol. The number of fused-ring (bicyclic) bond motifs is 1. The Kier molecular flexibility index (Phi) is 4.18. The molecular formula is C16H15NO5S2. The van der Waals surface area contributed by atoms with Gasteiger partial charge in [-0.15, -0.1) is 11.3 Å². The van der Waals surface area contributed by atoms with E-state index in [1.807, 2.05) is 0 Å². The molecule has 0 saturated carbocycles. The number of hydrogen-bond donors (Lipinski definition) is 1. The molecule has 0 saturated heterocycles. The summed E-state index contributed by atoms with van der Waals surface area (Å²) in [5.74, 6) is -1.24. The van der Waals surface area contributed by atoms with E-state index in [9.17, 15) is 18.0 Å². The zero-order valence-electron chi connectivity index (χ0n) is 12.9.